The molecule has 2 unspecified atom stereocenters. The van der Waals surface area contributed by atoms with E-state index in [-0.39, 0.29) is 11.5 Å². The van der Waals surface area contributed by atoms with Gasteiger partial charge in [-0.1, -0.05) is 183 Å². The van der Waals surface area contributed by atoms with Gasteiger partial charge in [0.1, 0.15) is 0 Å². The average molecular weight is 793 g/mol. The SMILES string of the molecule is C=C.C=CC(=NC(/C=C/C(=C\C=C/N)c1ccc2c(c1)-c1ccccc1C21Cc2ccccc2SCc2ccccc21)c1ccccc1)c1cccc(-c2ccccc2)c1. The van der Waals surface area contributed by atoms with Crippen LogP contribution in [-0.2, 0) is 17.6 Å². The maximum absolute atomic E-state index is 5.98. The molecule has 1 aliphatic carbocycles. The molecule has 0 fully saturated rings. The Bertz CT molecular complexity index is 2760. The molecular formula is C57H48N2S. The van der Waals surface area contributed by atoms with Gasteiger partial charge in [0, 0.05) is 16.2 Å². The van der Waals surface area contributed by atoms with Crippen LogP contribution in [0.3, 0.4) is 0 Å². The van der Waals surface area contributed by atoms with Crippen LogP contribution < -0.4 is 5.73 Å². The highest BCUT2D eigenvalue weighted by atomic mass is 32.2. The molecule has 0 saturated heterocycles. The molecule has 7 aromatic carbocycles. The molecule has 2 atom stereocenters. The second-order valence-corrected chi connectivity index (χ2v) is 15.8. The van der Waals surface area contributed by atoms with E-state index >= 15 is 0 Å². The first-order valence-electron chi connectivity index (χ1n) is 20.4. The molecule has 0 aromatic heterocycles. The summed E-state index contributed by atoms with van der Waals surface area (Å²) in [6.45, 7) is 10.2. The lowest BCUT2D eigenvalue weighted by Crippen LogP contribution is -2.32. The van der Waals surface area contributed by atoms with Crippen LogP contribution in [0, 0.1) is 0 Å². The van der Waals surface area contributed by atoms with Crippen molar-refractivity contribution in [2.75, 3.05) is 0 Å². The summed E-state index contributed by atoms with van der Waals surface area (Å²) < 4.78 is 0. The number of hydrogen-bond donors (Lipinski definition) is 1. The Morgan fingerprint density at radius 1 is 0.633 bits per heavy atom. The maximum atomic E-state index is 5.98. The molecule has 0 amide bonds. The molecular weight excluding hydrogens is 745 g/mol. The Hall–Kier alpha value is -6.94. The van der Waals surface area contributed by atoms with Crippen LogP contribution in [0.1, 0.15) is 50.5 Å². The fraction of sp³-hybridized carbons (Fsp3) is 0.0702. The summed E-state index contributed by atoms with van der Waals surface area (Å²) in [5, 5.41) is 0. The molecule has 0 bridgehead atoms. The molecule has 2 aliphatic rings. The van der Waals surface area contributed by atoms with Crippen molar-refractivity contribution in [2.24, 2.45) is 10.7 Å². The van der Waals surface area contributed by atoms with E-state index in [1.807, 2.05) is 36.0 Å². The number of nitrogens with zero attached hydrogens (tertiary/aromatic N) is 1. The van der Waals surface area contributed by atoms with Gasteiger partial charge < -0.3 is 5.73 Å². The molecule has 7 aromatic rings. The summed E-state index contributed by atoms with van der Waals surface area (Å²) in [4.78, 5) is 6.72. The van der Waals surface area contributed by atoms with E-state index in [2.05, 4.69) is 202 Å². The Morgan fingerprint density at radius 2 is 1.30 bits per heavy atom. The zero-order valence-electron chi connectivity index (χ0n) is 33.8. The quantitative estimate of drug-likeness (QED) is 0.0898. The van der Waals surface area contributed by atoms with Crippen LogP contribution in [0.5, 0.6) is 0 Å². The first-order chi connectivity index (χ1) is 29.7. The first kappa shape index (κ1) is 39.9. The van der Waals surface area contributed by atoms with Crippen LogP contribution in [0.2, 0.25) is 0 Å². The number of fused-ring (bicyclic) bond motifs is 8. The third-order valence-electron chi connectivity index (χ3n) is 11.5. The Kier molecular flexibility index (Phi) is 12.2. The van der Waals surface area contributed by atoms with Gasteiger partial charge >= 0.3 is 0 Å². The molecule has 60 heavy (non-hydrogen) atoms. The van der Waals surface area contributed by atoms with Crippen molar-refractivity contribution in [1.29, 1.82) is 0 Å². The van der Waals surface area contributed by atoms with E-state index < -0.39 is 0 Å². The number of hydrogen-bond acceptors (Lipinski definition) is 3. The highest BCUT2D eigenvalue weighted by Crippen LogP contribution is 2.57. The van der Waals surface area contributed by atoms with E-state index in [0.717, 1.165) is 45.7 Å². The van der Waals surface area contributed by atoms with Crippen molar-refractivity contribution in [2.45, 2.75) is 28.5 Å². The van der Waals surface area contributed by atoms with Crippen LogP contribution in [-0.4, -0.2) is 5.71 Å². The lowest BCUT2D eigenvalue weighted by atomic mass is 9.67. The molecule has 2 N–H and O–H groups in total. The second kappa shape index (κ2) is 18.3. The molecule has 1 spiro atoms. The van der Waals surface area contributed by atoms with Gasteiger partial charge in [0.05, 0.1) is 17.2 Å². The summed E-state index contributed by atoms with van der Waals surface area (Å²) in [6.07, 6.45) is 12.7. The van der Waals surface area contributed by atoms with Crippen molar-refractivity contribution in [3.8, 4) is 22.3 Å². The van der Waals surface area contributed by atoms with Gasteiger partial charge in [-0.05, 0) is 110 Å². The van der Waals surface area contributed by atoms with E-state index in [0.29, 0.717) is 0 Å². The van der Waals surface area contributed by atoms with Crippen molar-refractivity contribution in [3.05, 3.63) is 277 Å². The van der Waals surface area contributed by atoms with Gasteiger partial charge in [-0.3, -0.25) is 4.99 Å². The monoisotopic (exact) mass is 792 g/mol. The standard InChI is InChI=1S/C55H44N2S.C2H4/c1-2-52(44-24-15-23-42(35-44)39-17-5-3-6-18-39)57-53(41-19-7-4-8-20-41)33-31-40(25-16-34-56)43-30-32-51-48(36-43)47-26-11-13-28-50(47)55(51)37-45-21-10-14-29-54(45)58-38-46-22-9-12-27-49(46)55;1-2/h2-36,53H,1,37-38,56H2;1-2H2/b33-31+,34-16-,40-25+,57-52?;. The lowest BCUT2D eigenvalue weighted by Gasteiger charge is -2.37. The van der Waals surface area contributed by atoms with E-state index in [9.17, 15) is 0 Å². The fourth-order valence-corrected chi connectivity index (χ4v) is 9.85. The highest BCUT2D eigenvalue weighted by molar-refractivity contribution is 7.98. The van der Waals surface area contributed by atoms with Crippen LogP contribution in [0.25, 0.3) is 27.8 Å². The number of benzene rings is 7. The molecule has 0 saturated carbocycles. The third kappa shape index (κ3) is 7.80. The molecule has 3 heteroatoms. The van der Waals surface area contributed by atoms with Crippen molar-refractivity contribution in [1.82, 2.24) is 0 Å². The van der Waals surface area contributed by atoms with E-state index in [1.54, 1.807) is 6.20 Å². The highest BCUT2D eigenvalue weighted by Gasteiger charge is 2.46. The minimum absolute atomic E-state index is 0.261. The number of rotatable bonds is 9. The van der Waals surface area contributed by atoms with Gasteiger partial charge in [0.15, 0.2) is 0 Å². The number of aliphatic imine (C=N–C) groups is 1. The van der Waals surface area contributed by atoms with Crippen molar-refractivity contribution < 1.29 is 0 Å². The largest absolute Gasteiger partial charge is 0.405 e. The minimum atomic E-state index is -0.318. The summed E-state index contributed by atoms with van der Waals surface area (Å²) in [7, 11) is 0. The van der Waals surface area contributed by atoms with E-state index in [1.165, 1.54) is 49.4 Å². The lowest BCUT2D eigenvalue weighted by molar-refractivity contribution is 0.616. The van der Waals surface area contributed by atoms with Crippen molar-refractivity contribution >= 4 is 23.0 Å². The molecule has 9 rings (SSSR count). The Morgan fingerprint density at radius 3 is 2.08 bits per heavy atom. The zero-order valence-corrected chi connectivity index (χ0v) is 34.6. The Balaban J connectivity index is 0.00000246. The van der Waals surface area contributed by atoms with Crippen LogP contribution >= 0.6 is 11.8 Å². The summed E-state index contributed by atoms with van der Waals surface area (Å²) >= 11 is 1.95. The van der Waals surface area contributed by atoms with Gasteiger partial charge in [0.25, 0.3) is 0 Å². The normalized spacial score (nSPS) is 16.1. The van der Waals surface area contributed by atoms with Crippen LogP contribution in [0.15, 0.2) is 242 Å². The van der Waals surface area contributed by atoms with Gasteiger partial charge in [0.2, 0.25) is 0 Å². The van der Waals surface area contributed by atoms with Crippen LogP contribution in [0.4, 0.5) is 0 Å². The second-order valence-electron chi connectivity index (χ2n) is 14.8. The smallest absolute Gasteiger partial charge is 0.0940 e. The van der Waals surface area contributed by atoms with Gasteiger partial charge in [-0.15, -0.1) is 24.9 Å². The van der Waals surface area contributed by atoms with Crippen molar-refractivity contribution in [3.63, 3.8) is 0 Å². The first-order valence-corrected chi connectivity index (χ1v) is 21.4. The summed E-state index contributed by atoms with van der Waals surface area (Å²) in [6, 6.07) is 63.3. The predicted molar refractivity (Wildman–Crippen MR) is 257 cm³/mol. The van der Waals surface area contributed by atoms with Gasteiger partial charge in [-0.2, -0.15) is 0 Å². The predicted octanol–water partition coefficient (Wildman–Crippen LogP) is 14.1. The molecule has 0 radical (unpaired) electrons. The Labute approximate surface area is 359 Å². The number of allylic oxidation sites excluding steroid dienone is 5. The minimum Gasteiger partial charge on any atom is -0.405 e. The van der Waals surface area contributed by atoms with E-state index in [4.69, 9.17) is 10.7 Å². The molecule has 1 heterocycles. The summed E-state index contributed by atoms with van der Waals surface area (Å²) in [5.74, 6) is 0.935. The number of thioether (sulfide) groups is 1. The van der Waals surface area contributed by atoms with Gasteiger partial charge in [-0.25, -0.2) is 0 Å². The molecule has 292 valence electrons. The third-order valence-corrected chi connectivity index (χ3v) is 12.7. The topological polar surface area (TPSA) is 38.4 Å². The average Bonchev–Trinajstić information content (AvgIpc) is 3.59. The zero-order chi connectivity index (χ0) is 41.3. The number of nitrogens with two attached hydrogens (primary N) is 1. The molecule has 2 nitrogen and oxygen atoms in total. The fourth-order valence-electron chi connectivity index (χ4n) is 8.79. The maximum Gasteiger partial charge on any atom is 0.0940 e. The molecule has 1 aliphatic heterocycles. The summed E-state index contributed by atoms with van der Waals surface area (Å²) in [5.41, 5.74) is 22.5.